The van der Waals surface area contributed by atoms with Crippen molar-refractivity contribution in [2.75, 3.05) is 6.61 Å². The van der Waals surface area contributed by atoms with Crippen molar-refractivity contribution in [3.8, 4) is 0 Å². The summed E-state index contributed by atoms with van der Waals surface area (Å²) in [5.41, 5.74) is 4.08. The number of Topliss-reactive ketones (excluding diaryl/α,β-unsaturated/α-hetero) is 1. The van der Waals surface area contributed by atoms with Gasteiger partial charge in [0.15, 0.2) is 5.78 Å². The fourth-order valence-electron chi connectivity index (χ4n) is 2.56. The highest BCUT2D eigenvalue weighted by Crippen LogP contribution is 2.15. The Balaban J connectivity index is 2.80. The van der Waals surface area contributed by atoms with Crippen LogP contribution >= 0.6 is 0 Å². The molecular formula is C22H29NO3. The number of carbonyl (C=O) groups is 2. The monoisotopic (exact) mass is 355 g/mol. The molecular weight excluding hydrogens is 326 g/mol. The summed E-state index contributed by atoms with van der Waals surface area (Å²) >= 11 is 0. The van der Waals surface area contributed by atoms with Crippen LogP contribution in [0.4, 0.5) is 0 Å². The van der Waals surface area contributed by atoms with Crippen LogP contribution in [0.25, 0.3) is 0 Å². The summed E-state index contributed by atoms with van der Waals surface area (Å²) in [6.07, 6.45) is 13.7. The molecule has 0 fully saturated rings. The Morgan fingerprint density at radius 1 is 1.15 bits per heavy atom. The molecule has 0 aromatic carbocycles. The molecule has 2 N–H and O–H groups in total. The van der Waals surface area contributed by atoms with Crippen LogP contribution in [0.3, 0.4) is 0 Å². The molecule has 140 valence electrons. The van der Waals surface area contributed by atoms with Gasteiger partial charge in [-0.15, -0.1) is 0 Å². The van der Waals surface area contributed by atoms with Gasteiger partial charge in [-0.1, -0.05) is 53.2 Å². The minimum Gasteiger partial charge on any atom is -0.396 e. The van der Waals surface area contributed by atoms with Gasteiger partial charge in [-0.25, -0.2) is 0 Å². The Bertz CT molecular complexity index is 730. The van der Waals surface area contributed by atoms with Gasteiger partial charge in [0.2, 0.25) is 0 Å². The van der Waals surface area contributed by atoms with E-state index in [2.05, 4.69) is 30.5 Å². The largest absolute Gasteiger partial charge is 0.396 e. The Morgan fingerprint density at radius 2 is 1.81 bits per heavy atom. The lowest BCUT2D eigenvalue weighted by atomic mass is 10.0. The summed E-state index contributed by atoms with van der Waals surface area (Å²) in [7, 11) is 0. The zero-order valence-electron chi connectivity index (χ0n) is 16.3. The first-order chi connectivity index (χ1) is 12.3. The van der Waals surface area contributed by atoms with Crippen molar-refractivity contribution in [3.05, 3.63) is 70.4 Å². The molecule has 0 aromatic heterocycles. The van der Waals surface area contributed by atoms with Crippen LogP contribution in [0.15, 0.2) is 70.4 Å². The molecule has 26 heavy (non-hydrogen) atoms. The number of hydrogen-bond donors (Lipinski definition) is 2. The maximum atomic E-state index is 12.4. The van der Waals surface area contributed by atoms with Crippen molar-refractivity contribution < 1.29 is 14.7 Å². The lowest BCUT2D eigenvalue weighted by molar-refractivity contribution is -0.120. The molecule has 4 heteroatoms. The van der Waals surface area contributed by atoms with Crippen molar-refractivity contribution in [2.45, 2.75) is 47.1 Å². The van der Waals surface area contributed by atoms with Crippen LogP contribution in [0.2, 0.25) is 0 Å². The Morgan fingerprint density at radius 3 is 2.42 bits per heavy atom. The Labute approximate surface area is 156 Å². The van der Waals surface area contributed by atoms with E-state index in [9.17, 15) is 9.59 Å². The quantitative estimate of drug-likeness (QED) is 0.396. The van der Waals surface area contributed by atoms with Gasteiger partial charge < -0.3 is 10.4 Å². The number of aliphatic hydroxyl groups is 1. The van der Waals surface area contributed by atoms with Gasteiger partial charge in [0, 0.05) is 6.61 Å². The second kappa shape index (κ2) is 10.5. The molecule has 0 saturated carbocycles. The van der Waals surface area contributed by atoms with E-state index in [0.29, 0.717) is 12.0 Å². The highest BCUT2D eigenvalue weighted by Gasteiger charge is 2.27. The average molecular weight is 355 g/mol. The molecule has 0 bridgehead atoms. The number of carbonyl (C=O) groups excluding carboxylic acids is 2. The van der Waals surface area contributed by atoms with Crippen LogP contribution in [0, 0.1) is 0 Å². The van der Waals surface area contributed by atoms with Gasteiger partial charge in [0.05, 0.1) is 11.6 Å². The number of hydrogen-bond acceptors (Lipinski definition) is 3. The molecule has 1 aliphatic rings. The molecule has 0 aromatic rings. The SMILES string of the molecule is C\C=C(C)/C=C(C)/C=C(C)/C=C/C=C(\C)C(=O)C1=CC(CCO)NC1=O. The molecule has 0 spiro atoms. The van der Waals surface area contributed by atoms with E-state index in [1.54, 1.807) is 19.1 Å². The van der Waals surface area contributed by atoms with Gasteiger partial charge in [0.25, 0.3) is 5.91 Å². The average Bonchev–Trinajstić information content (AvgIpc) is 2.94. The molecule has 1 atom stereocenters. The number of nitrogens with one attached hydrogen (secondary N) is 1. The third-order valence-corrected chi connectivity index (χ3v) is 4.04. The molecule has 1 unspecified atom stereocenters. The summed E-state index contributed by atoms with van der Waals surface area (Å²) < 4.78 is 0. The first-order valence-electron chi connectivity index (χ1n) is 8.81. The predicted molar refractivity (Wildman–Crippen MR) is 107 cm³/mol. The first-order valence-corrected chi connectivity index (χ1v) is 8.81. The zero-order chi connectivity index (χ0) is 19.7. The maximum absolute atomic E-state index is 12.4. The standard InChI is InChI=1S/C22H29NO3/c1-6-15(2)12-17(4)13-16(3)8-7-9-18(5)21(25)20-14-19(10-11-24)23-22(20)26/h6-9,12-14,19,24H,10-11H2,1-5H3,(H,23,26)/b8-7+,15-6-,16-13+,17-12+,18-9+. The molecule has 1 heterocycles. The van der Waals surface area contributed by atoms with E-state index in [1.807, 2.05) is 32.9 Å². The van der Waals surface area contributed by atoms with Crippen molar-refractivity contribution in [1.29, 1.82) is 0 Å². The van der Waals surface area contributed by atoms with E-state index in [4.69, 9.17) is 5.11 Å². The fraction of sp³-hybridized carbons (Fsp3) is 0.364. The lowest BCUT2D eigenvalue weighted by Gasteiger charge is -2.04. The summed E-state index contributed by atoms with van der Waals surface area (Å²) in [6, 6.07) is -0.268. The van der Waals surface area contributed by atoms with E-state index in [0.717, 1.165) is 11.1 Å². The maximum Gasteiger partial charge on any atom is 0.255 e. The molecule has 0 radical (unpaired) electrons. The summed E-state index contributed by atoms with van der Waals surface area (Å²) in [5, 5.41) is 11.6. The number of aliphatic hydroxyl groups excluding tert-OH is 1. The van der Waals surface area contributed by atoms with Gasteiger partial charge in [-0.3, -0.25) is 9.59 Å². The Hall–Kier alpha value is -2.46. The van der Waals surface area contributed by atoms with Crippen LogP contribution in [-0.4, -0.2) is 29.4 Å². The highest BCUT2D eigenvalue weighted by atomic mass is 16.3. The van der Waals surface area contributed by atoms with Gasteiger partial charge >= 0.3 is 0 Å². The van der Waals surface area contributed by atoms with Crippen LogP contribution in [0.5, 0.6) is 0 Å². The smallest absolute Gasteiger partial charge is 0.255 e. The van der Waals surface area contributed by atoms with Gasteiger partial charge in [-0.2, -0.15) is 0 Å². The van der Waals surface area contributed by atoms with Crippen LogP contribution in [-0.2, 0) is 9.59 Å². The van der Waals surface area contributed by atoms with Crippen LogP contribution < -0.4 is 5.32 Å². The first kappa shape index (κ1) is 21.6. The minimum atomic E-state index is -0.374. The van der Waals surface area contributed by atoms with Gasteiger partial charge in [-0.05, 0) is 52.7 Å². The van der Waals surface area contributed by atoms with E-state index in [1.165, 1.54) is 5.57 Å². The number of ketones is 1. The predicted octanol–water partition coefficient (Wildman–Crippen LogP) is 3.72. The van der Waals surface area contributed by atoms with Crippen molar-refractivity contribution in [1.82, 2.24) is 5.32 Å². The van der Waals surface area contributed by atoms with Crippen molar-refractivity contribution >= 4 is 11.7 Å². The molecule has 0 saturated heterocycles. The zero-order valence-corrected chi connectivity index (χ0v) is 16.3. The van der Waals surface area contributed by atoms with E-state index >= 15 is 0 Å². The van der Waals surface area contributed by atoms with Crippen molar-refractivity contribution in [3.63, 3.8) is 0 Å². The molecule has 0 aliphatic carbocycles. The van der Waals surface area contributed by atoms with Gasteiger partial charge in [0.1, 0.15) is 0 Å². The summed E-state index contributed by atoms with van der Waals surface area (Å²) in [4.78, 5) is 24.3. The molecule has 4 nitrogen and oxygen atoms in total. The normalized spacial score (nSPS) is 19.8. The number of amides is 1. The van der Waals surface area contributed by atoms with Crippen LogP contribution in [0.1, 0.15) is 41.0 Å². The molecule has 1 rings (SSSR count). The second-order valence-corrected chi connectivity index (χ2v) is 6.52. The summed E-state index contributed by atoms with van der Waals surface area (Å²) in [5.74, 6) is -0.657. The minimum absolute atomic E-state index is 0.0342. The third-order valence-electron chi connectivity index (χ3n) is 4.04. The number of rotatable bonds is 8. The topological polar surface area (TPSA) is 66.4 Å². The second-order valence-electron chi connectivity index (χ2n) is 6.52. The summed E-state index contributed by atoms with van der Waals surface area (Å²) in [6.45, 7) is 9.76. The Kier molecular flexibility index (Phi) is 8.73. The number of allylic oxidation sites excluding steroid dienone is 10. The van der Waals surface area contributed by atoms with Crippen molar-refractivity contribution in [2.24, 2.45) is 0 Å². The molecule has 1 amide bonds. The van der Waals surface area contributed by atoms with E-state index < -0.39 is 0 Å². The fourth-order valence-corrected chi connectivity index (χ4v) is 2.56. The third kappa shape index (κ3) is 6.81. The molecule has 1 aliphatic heterocycles. The van der Waals surface area contributed by atoms with E-state index in [-0.39, 0.29) is 29.9 Å². The highest BCUT2D eigenvalue weighted by molar-refractivity contribution is 6.26. The lowest BCUT2D eigenvalue weighted by Crippen LogP contribution is -2.29.